The van der Waals surface area contributed by atoms with Crippen LogP contribution in [0.2, 0.25) is 0 Å². The van der Waals surface area contributed by atoms with E-state index in [0.717, 1.165) is 30.5 Å². The van der Waals surface area contributed by atoms with Gasteiger partial charge in [0.1, 0.15) is 18.2 Å². The minimum Gasteiger partial charge on any atom is -0.493 e. The minimum atomic E-state index is -1.33. The highest BCUT2D eigenvalue weighted by Crippen LogP contribution is 2.44. The normalized spacial score (nSPS) is 22.1. The Morgan fingerprint density at radius 2 is 2.04 bits per heavy atom. The number of aliphatic carboxylic acids is 1. The predicted molar refractivity (Wildman–Crippen MR) is 174 cm³/mol. The molecule has 0 radical (unpaired) electrons. The second-order valence-corrected chi connectivity index (χ2v) is 12.5. The van der Waals surface area contributed by atoms with Crippen molar-refractivity contribution < 1.29 is 43.6 Å². The summed E-state index contributed by atoms with van der Waals surface area (Å²) < 4.78 is 18.0. The van der Waals surface area contributed by atoms with Gasteiger partial charge in [0.15, 0.2) is 23.6 Å². The Labute approximate surface area is 279 Å². The summed E-state index contributed by atoms with van der Waals surface area (Å²) in [5.41, 5.74) is 11.7. The number of nitrogens with one attached hydrogen (secondary N) is 2. The second kappa shape index (κ2) is 16.0. The maximum atomic E-state index is 13.2. The molecule has 16 heteroatoms. The Bertz CT molecular complexity index is 1430. The van der Waals surface area contributed by atoms with E-state index in [2.05, 4.69) is 20.5 Å². The molecule has 3 aliphatic rings. The number of carboxylic acid groups (broad SMARTS) is 1. The number of fused-ring (bicyclic) bond motifs is 4. The first-order valence-electron chi connectivity index (χ1n) is 16.1. The molecule has 264 valence electrons. The van der Waals surface area contributed by atoms with Crippen LogP contribution in [0.5, 0.6) is 11.5 Å². The van der Waals surface area contributed by atoms with Crippen molar-refractivity contribution in [2.24, 2.45) is 16.5 Å². The highest BCUT2D eigenvalue weighted by atomic mass is 16.6. The van der Waals surface area contributed by atoms with Crippen LogP contribution in [0.4, 0.5) is 4.79 Å². The van der Waals surface area contributed by atoms with Gasteiger partial charge in [-0.05, 0) is 69.8 Å². The molecule has 4 rings (SSSR count). The van der Waals surface area contributed by atoms with Crippen molar-refractivity contribution in [2.75, 3.05) is 47.4 Å². The van der Waals surface area contributed by atoms with Crippen LogP contribution < -0.4 is 31.6 Å². The lowest BCUT2D eigenvalue weighted by molar-refractivity contribution is -0.141. The molecule has 1 aromatic carbocycles. The Morgan fingerprint density at radius 3 is 2.75 bits per heavy atom. The number of hydrogen-bond acceptors (Lipinski definition) is 10. The van der Waals surface area contributed by atoms with E-state index in [1.54, 1.807) is 13.2 Å². The summed E-state index contributed by atoms with van der Waals surface area (Å²) in [5.74, 6) is -1.37. The van der Waals surface area contributed by atoms with Crippen LogP contribution in [0.3, 0.4) is 0 Å². The van der Waals surface area contributed by atoms with Gasteiger partial charge in [-0.15, -0.1) is 0 Å². The number of nitrogens with two attached hydrogens (primary N) is 2. The van der Waals surface area contributed by atoms with E-state index in [1.165, 1.54) is 11.9 Å². The molecular weight excluding hydrogens is 626 g/mol. The topological polar surface area (TPSA) is 231 Å². The molecule has 1 aromatic rings. The quantitative estimate of drug-likeness (QED) is 0.0695. The summed E-state index contributed by atoms with van der Waals surface area (Å²) in [6, 6.07) is 2.70. The highest BCUT2D eigenvalue weighted by molar-refractivity contribution is 5.96. The van der Waals surface area contributed by atoms with Crippen molar-refractivity contribution in [3.05, 3.63) is 35.1 Å². The first-order chi connectivity index (χ1) is 22.8. The number of carbonyl (C=O) groups is 4. The van der Waals surface area contributed by atoms with Crippen molar-refractivity contribution in [3.63, 3.8) is 0 Å². The Balaban J connectivity index is 1.41. The van der Waals surface area contributed by atoms with Crippen LogP contribution in [0.1, 0.15) is 49.7 Å². The van der Waals surface area contributed by atoms with E-state index in [1.807, 2.05) is 19.2 Å². The summed E-state index contributed by atoms with van der Waals surface area (Å²) in [7, 11) is 5.11. The van der Waals surface area contributed by atoms with Gasteiger partial charge in [0.25, 0.3) is 0 Å². The van der Waals surface area contributed by atoms with E-state index in [0.29, 0.717) is 24.3 Å². The molecule has 16 nitrogen and oxygen atoms in total. The molecule has 0 saturated heterocycles. The third-order valence-electron chi connectivity index (χ3n) is 8.99. The van der Waals surface area contributed by atoms with E-state index in [9.17, 15) is 24.3 Å². The van der Waals surface area contributed by atoms with E-state index < -0.39 is 48.0 Å². The number of benzene rings is 1. The number of hydrogen-bond donors (Lipinski definition) is 6. The van der Waals surface area contributed by atoms with Gasteiger partial charge < -0.3 is 56.3 Å². The molecule has 0 aromatic heterocycles. The summed E-state index contributed by atoms with van der Waals surface area (Å²) in [6.07, 6.45) is 2.76. The lowest BCUT2D eigenvalue weighted by Crippen LogP contribution is -2.56. The van der Waals surface area contributed by atoms with E-state index in [4.69, 9.17) is 30.8 Å². The fraction of sp³-hybridized carbons (Fsp3) is 0.594. The molecule has 0 fully saturated rings. The molecule has 0 unspecified atom stereocenters. The number of amides is 3. The van der Waals surface area contributed by atoms with Crippen LogP contribution >= 0.6 is 0 Å². The smallest absolute Gasteiger partial charge is 0.414 e. The first kappa shape index (κ1) is 36.3. The molecule has 2 aliphatic heterocycles. The number of rotatable bonds is 13. The van der Waals surface area contributed by atoms with Crippen LogP contribution in [0.15, 0.2) is 29.0 Å². The van der Waals surface area contributed by atoms with Crippen molar-refractivity contribution in [1.29, 1.82) is 0 Å². The maximum Gasteiger partial charge on any atom is 0.414 e. The molecule has 6 bridgehead atoms. The van der Waals surface area contributed by atoms with Crippen molar-refractivity contribution in [1.82, 2.24) is 20.4 Å². The Kier molecular flexibility index (Phi) is 12.1. The predicted octanol–water partition coefficient (Wildman–Crippen LogP) is -0.148. The van der Waals surface area contributed by atoms with Crippen LogP contribution in [-0.2, 0) is 32.0 Å². The molecule has 0 saturated carbocycles. The summed E-state index contributed by atoms with van der Waals surface area (Å²) in [5, 5.41) is 26.0. The average molecular weight is 674 g/mol. The number of carboxylic acids is 1. The van der Waals surface area contributed by atoms with Gasteiger partial charge in [0.05, 0.1) is 12.7 Å². The number of aliphatic hydroxyl groups is 1. The number of carbonyl (C=O) groups excluding carboxylic acids is 3. The third-order valence-corrected chi connectivity index (χ3v) is 8.99. The zero-order chi connectivity index (χ0) is 35.0. The van der Waals surface area contributed by atoms with Gasteiger partial charge in [-0.1, -0.05) is 6.07 Å². The van der Waals surface area contributed by atoms with Gasteiger partial charge >= 0.3 is 12.1 Å². The van der Waals surface area contributed by atoms with Gasteiger partial charge in [-0.2, -0.15) is 0 Å². The molecule has 8 N–H and O–H groups in total. The van der Waals surface area contributed by atoms with Crippen molar-refractivity contribution >= 4 is 29.8 Å². The monoisotopic (exact) mass is 673 g/mol. The van der Waals surface area contributed by atoms with Gasteiger partial charge in [0.2, 0.25) is 11.8 Å². The minimum absolute atomic E-state index is 0.0176. The first-order valence-corrected chi connectivity index (χ1v) is 16.1. The molecule has 3 amide bonds. The third kappa shape index (κ3) is 9.07. The molecule has 2 heterocycles. The molecule has 1 aliphatic carbocycles. The fourth-order valence-corrected chi connectivity index (χ4v) is 6.46. The zero-order valence-corrected chi connectivity index (χ0v) is 27.7. The second-order valence-electron chi connectivity index (χ2n) is 12.5. The number of ether oxygens (including phenoxy) is 3. The van der Waals surface area contributed by atoms with Crippen LogP contribution in [-0.4, -0.2) is 121 Å². The summed E-state index contributed by atoms with van der Waals surface area (Å²) >= 11 is 0. The zero-order valence-electron chi connectivity index (χ0n) is 27.7. The summed E-state index contributed by atoms with van der Waals surface area (Å²) in [6.45, 7) is 1.10. The Hall–Kier alpha value is -4.57. The van der Waals surface area contributed by atoms with Crippen LogP contribution in [0.25, 0.3) is 0 Å². The standard InChI is InChI=1S/C32H47N7O9/c1-38-14-5-6-20-19-8-9-23(46-3)28(20)47-24-18-32(45,25(38)16-19)11-10-22(24)48-31(44)39(2)15-13-35-29(43)21(7-4-12-36-30(33)34)37-26(40)17-27(41)42/h8-10,21,24-25,45H,4-7,11-18H2,1-3H3,(H,35,43)(H,37,40)(H,41,42)(H4,33,34,36)/t21-,24+,25+,32-/m0/s1. The average Bonchev–Trinajstić information content (AvgIpc) is 3.02. The van der Waals surface area contributed by atoms with Gasteiger partial charge in [-0.3, -0.25) is 19.4 Å². The van der Waals surface area contributed by atoms with E-state index >= 15 is 0 Å². The highest BCUT2D eigenvalue weighted by Gasteiger charge is 2.47. The van der Waals surface area contributed by atoms with Crippen molar-refractivity contribution in [2.45, 2.75) is 75.2 Å². The van der Waals surface area contributed by atoms with Crippen LogP contribution in [0, 0.1) is 0 Å². The number of methoxy groups -OCH3 is 1. The van der Waals surface area contributed by atoms with Gasteiger partial charge in [-0.25, -0.2) is 4.79 Å². The maximum absolute atomic E-state index is 13.2. The SMILES string of the molecule is COc1ccc2c3c1O[C@@H]1C[C@@](O)(CC=C1OC(=O)N(C)CCNC(=O)[C@H](CCCN=C(N)N)NC(=O)CC(=O)O)[C@@H](C2)N(C)CCC3. The van der Waals surface area contributed by atoms with Gasteiger partial charge in [0, 0.05) is 44.7 Å². The largest absolute Gasteiger partial charge is 0.493 e. The van der Waals surface area contributed by atoms with Crippen molar-refractivity contribution in [3.8, 4) is 11.5 Å². The molecule has 4 atom stereocenters. The lowest BCUT2D eigenvalue weighted by atomic mass is 9.77. The molecule has 48 heavy (non-hydrogen) atoms. The summed E-state index contributed by atoms with van der Waals surface area (Å²) in [4.78, 5) is 56.4. The number of guanidine groups is 1. The lowest BCUT2D eigenvalue weighted by Gasteiger charge is -2.44. The number of nitrogens with zero attached hydrogens (tertiary/aromatic N) is 3. The fourth-order valence-electron chi connectivity index (χ4n) is 6.46. The molecular formula is C32H47N7O9. The Morgan fingerprint density at radius 1 is 1.27 bits per heavy atom. The number of aliphatic imine (C=N–C) groups is 1. The number of likely N-dealkylation sites (N-methyl/N-ethyl adjacent to an activating group) is 2. The van der Waals surface area contributed by atoms with E-state index in [-0.39, 0.29) is 56.7 Å². The molecule has 0 spiro atoms.